The Morgan fingerprint density at radius 2 is 1.59 bits per heavy atom. The van der Waals surface area contributed by atoms with E-state index in [1.54, 1.807) is 30.3 Å². The van der Waals surface area contributed by atoms with Gasteiger partial charge in [0, 0.05) is 5.39 Å². The van der Waals surface area contributed by atoms with Gasteiger partial charge in [0.25, 0.3) is 0 Å². The van der Waals surface area contributed by atoms with Crippen molar-refractivity contribution in [3.63, 3.8) is 0 Å². The third-order valence-electron chi connectivity index (χ3n) is 5.46. The van der Waals surface area contributed by atoms with E-state index in [1.807, 2.05) is 18.2 Å². The smallest absolute Gasteiger partial charge is 0.141 e. The Balaban J connectivity index is 1.83. The number of rotatable bonds is 5. The van der Waals surface area contributed by atoms with E-state index in [9.17, 15) is 4.39 Å². The van der Waals surface area contributed by atoms with Crippen LogP contribution < -0.4 is 0 Å². The molecule has 0 unspecified atom stereocenters. The molecule has 0 amide bonds. The van der Waals surface area contributed by atoms with Crippen LogP contribution in [-0.2, 0) is 6.42 Å². The average Bonchev–Trinajstić information content (AvgIpc) is 2.74. The van der Waals surface area contributed by atoms with Gasteiger partial charge in [0.05, 0.1) is 17.2 Å². The lowest BCUT2D eigenvalue weighted by Crippen LogP contribution is -1.94. The number of fused-ring (bicyclic) bond motifs is 3. The Morgan fingerprint density at radius 3 is 2.31 bits per heavy atom. The van der Waals surface area contributed by atoms with E-state index < -0.39 is 11.6 Å². The van der Waals surface area contributed by atoms with Crippen LogP contribution >= 0.6 is 0 Å². The SMILES string of the molecule is CCCCCc1ccc2c(ccc3c(F)c(-c4ccc(C#N)cc4)c(F)cc32)c1. The number of unbranched alkanes of at least 4 members (excludes halogenated alkanes) is 2. The van der Waals surface area contributed by atoms with E-state index in [-0.39, 0.29) is 5.56 Å². The predicted molar refractivity (Wildman–Crippen MR) is 115 cm³/mol. The normalized spacial score (nSPS) is 11.1. The molecule has 0 fully saturated rings. The fraction of sp³-hybridized carbons (Fsp3) is 0.192. The molecule has 4 aromatic rings. The molecule has 0 bridgehead atoms. The Bertz CT molecular complexity index is 1230. The molecule has 0 aliphatic rings. The molecule has 0 saturated carbocycles. The summed E-state index contributed by atoms with van der Waals surface area (Å²) in [6.07, 6.45) is 4.54. The lowest BCUT2D eigenvalue weighted by molar-refractivity contribution is 0.598. The summed E-state index contributed by atoms with van der Waals surface area (Å²) in [5, 5.41) is 11.8. The Hall–Kier alpha value is -3.25. The van der Waals surface area contributed by atoms with Crippen molar-refractivity contribution >= 4 is 21.5 Å². The van der Waals surface area contributed by atoms with Gasteiger partial charge in [-0.25, -0.2) is 8.78 Å². The van der Waals surface area contributed by atoms with Crippen molar-refractivity contribution in [3.8, 4) is 17.2 Å². The molecule has 3 heteroatoms. The molecule has 0 spiro atoms. The van der Waals surface area contributed by atoms with Crippen LogP contribution in [0.15, 0.2) is 60.7 Å². The lowest BCUT2D eigenvalue weighted by atomic mass is 9.94. The summed E-state index contributed by atoms with van der Waals surface area (Å²) < 4.78 is 30.3. The topological polar surface area (TPSA) is 23.8 Å². The van der Waals surface area contributed by atoms with Crippen LogP contribution in [0.25, 0.3) is 32.7 Å². The fourth-order valence-corrected chi connectivity index (χ4v) is 3.90. The maximum absolute atomic E-state index is 15.3. The molecule has 0 heterocycles. The first kappa shape index (κ1) is 19.1. The molecule has 0 aliphatic heterocycles. The second-order valence-corrected chi connectivity index (χ2v) is 7.41. The molecule has 0 N–H and O–H groups in total. The molecule has 0 saturated heterocycles. The van der Waals surface area contributed by atoms with E-state index in [0.717, 1.165) is 23.6 Å². The van der Waals surface area contributed by atoms with Crippen molar-refractivity contribution in [3.05, 3.63) is 83.4 Å². The first-order valence-corrected chi connectivity index (χ1v) is 9.96. The van der Waals surface area contributed by atoms with E-state index in [4.69, 9.17) is 5.26 Å². The zero-order valence-corrected chi connectivity index (χ0v) is 16.3. The first-order chi connectivity index (χ1) is 14.1. The highest BCUT2D eigenvalue weighted by Crippen LogP contribution is 2.35. The van der Waals surface area contributed by atoms with E-state index in [1.165, 1.54) is 24.5 Å². The number of nitrogens with zero attached hydrogens (tertiary/aromatic N) is 1. The summed E-state index contributed by atoms with van der Waals surface area (Å²) in [6, 6.07) is 19.5. The number of hydrogen-bond acceptors (Lipinski definition) is 1. The number of nitriles is 1. The van der Waals surface area contributed by atoms with E-state index >= 15 is 4.39 Å². The summed E-state index contributed by atoms with van der Waals surface area (Å²) >= 11 is 0. The first-order valence-electron chi connectivity index (χ1n) is 9.96. The van der Waals surface area contributed by atoms with Crippen molar-refractivity contribution in [1.29, 1.82) is 5.26 Å². The summed E-state index contributed by atoms with van der Waals surface area (Å²) in [5.74, 6) is -1.17. The van der Waals surface area contributed by atoms with E-state index in [2.05, 4.69) is 19.1 Å². The van der Waals surface area contributed by atoms with Gasteiger partial charge < -0.3 is 0 Å². The molecular formula is C26H21F2N. The minimum atomic E-state index is -0.598. The van der Waals surface area contributed by atoms with Crippen molar-refractivity contribution in [2.75, 3.05) is 0 Å². The zero-order valence-electron chi connectivity index (χ0n) is 16.3. The number of aryl methyl sites for hydroxylation is 1. The second-order valence-electron chi connectivity index (χ2n) is 7.41. The van der Waals surface area contributed by atoms with Crippen LogP contribution in [0.1, 0.15) is 37.3 Å². The van der Waals surface area contributed by atoms with Crippen molar-refractivity contribution in [2.45, 2.75) is 32.6 Å². The Labute approximate surface area is 169 Å². The fourth-order valence-electron chi connectivity index (χ4n) is 3.90. The van der Waals surface area contributed by atoms with Gasteiger partial charge in [-0.1, -0.05) is 62.2 Å². The quantitative estimate of drug-likeness (QED) is 0.257. The summed E-state index contributed by atoms with van der Waals surface area (Å²) in [4.78, 5) is 0. The standard InChI is InChI=1S/C26H21F2N/c1-2-3-4-5-17-8-12-21-20(14-17)11-13-22-23(21)15-24(27)25(26(22)28)19-9-6-18(16-29)7-10-19/h6-15H,2-5H2,1H3. The van der Waals surface area contributed by atoms with E-state index in [0.29, 0.717) is 21.9 Å². The maximum atomic E-state index is 15.3. The third kappa shape index (κ3) is 3.59. The molecular weight excluding hydrogens is 364 g/mol. The number of halogens is 2. The molecule has 1 nitrogen and oxygen atoms in total. The van der Waals surface area contributed by atoms with Gasteiger partial charge in [0.1, 0.15) is 11.6 Å². The second kappa shape index (κ2) is 8.01. The zero-order chi connectivity index (χ0) is 20.4. The van der Waals surface area contributed by atoms with Crippen LogP contribution in [0.2, 0.25) is 0 Å². The van der Waals surface area contributed by atoms with Gasteiger partial charge in [-0.3, -0.25) is 0 Å². The van der Waals surface area contributed by atoms with Gasteiger partial charge in [-0.2, -0.15) is 5.26 Å². The van der Waals surface area contributed by atoms with Crippen LogP contribution in [0, 0.1) is 23.0 Å². The summed E-state index contributed by atoms with van der Waals surface area (Å²) in [6.45, 7) is 2.18. The summed E-state index contributed by atoms with van der Waals surface area (Å²) in [7, 11) is 0. The third-order valence-corrected chi connectivity index (χ3v) is 5.46. The summed E-state index contributed by atoms with van der Waals surface area (Å²) in [5.41, 5.74) is 2.07. The largest absolute Gasteiger partial charge is 0.206 e. The monoisotopic (exact) mass is 385 g/mol. The Morgan fingerprint density at radius 1 is 0.828 bits per heavy atom. The molecule has 29 heavy (non-hydrogen) atoms. The van der Waals surface area contributed by atoms with Gasteiger partial charge in [-0.05, 0) is 58.3 Å². The molecule has 4 aromatic carbocycles. The predicted octanol–water partition coefficient (Wildman–Crippen LogP) is 7.54. The van der Waals surface area contributed by atoms with Gasteiger partial charge in [0.2, 0.25) is 0 Å². The number of hydrogen-bond donors (Lipinski definition) is 0. The highest BCUT2D eigenvalue weighted by molar-refractivity contribution is 6.09. The highest BCUT2D eigenvalue weighted by Gasteiger charge is 2.17. The molecule has 0 aromatic heterocycles. The average molecular weight is 385 g/mol. The molecule has 0 atom stereocenters. The lowest BCUT2D eigenvalue weighted by Gasteiger charge is -2.12. The van der Waals surface area contributed by atoms with Crippen molar-refractivity contribution in [2.24, 2.45) is 0 Å². The molecule has 0 aliphatic carbocycles. The van der Waals surface area contributed by atoms with Crippen LogP contribution in [0.3, 0.4) is 0 Å². The maximum Gasteiger partial charge on any atom is 0.141 e. The number of benzene rings is 4. The van der Waals surface area contributed by atoms with Crippen molar-refractivity contribution in [1.82, 2.24) is 0 Å². The van der Waals surface area contributed by atoms with Gasteiger partial charge in [0.15, 0.2) is 0 Å². The van der Waals surface area contributed by atoms with Gasteiger partial charge >= 0.3 is 0 Å². The van der Waals surface area contributed by atoms with Crippen molar-refractivity contribution < 1.29 is 8.78 Å². The van der Waals surface area contributed by atoms with Gasteiger partial charge in [-0.15, -0.1) is 0 Å². The molecule has 144 valence electrons. The highest BCUT2D eigenvalue weighted by atomic mass is 19.1. The van der Waals surface area contributed by atoms with Crippen LogP contribution in [-0.4, -0.2) is 0 Å². The minimum absolute atomic E-state index is 0.0578. The van der Waals surface area contributed by atoms with Crippen LogP contribution in [0.5, 0.6) is 0 Å². The Kier molecular flexibility index (Phi) is 5.27. The van der Waals surface area contributed by atoms with Crippen LogP contribution in [0.4, 0.5) is 8.78 Å². The molecule has 0 radical (unpaired) electrons. The minimum Gasteiger partial charge on any atom is -0.206 e. The molecule has 4 rings (SSSR count).